The highest BCUT2D eigenvalue weighted by Crippen LogP contribution is 2.30. The summed E-state index contributed by atoms with van der Waals surface area (Å²) in [7, 11) is -3.73. The Morgan fingerprint density at radius 3 is 2.35 bits per heavy atom. The van der Waals surface area contributed by atoms with E-state index in [1.54, 1.807) is 30.3 Å². The zero-order valence-electron chi connectivity index (χ0n) is 17.7. The molecule has 7 nitrogen and oxygen atoms in total. The minimum Gasteiger partial charge on any atom is -0.490 e. The van der Waals surface area contributed by atoms with E-state index in [0.717, 1.165) is 6.42 Å². The van der Waals surface area contributed by atoms with Crippen molar-refractivity contribution in [3.8, 4) is 11.5 Å². The van der Waals surface area contributed by atoms with E-state index < -0.39 is 15.9 Å². The number of carbonyl (C=O) groups excluding carboxylic acids is 2. The van der Waals surface area contributed by atoms with Gasteiger partial charge in [0.15, 0.2) is 17.3 Å². The van der Waals surface area contributed by atoms with Crippen molar-refractivity contribution in [1.82, 2.24) is 4.31 Å². The molecule has 1 heterocycles. The topological polar surface area (TPSA) is 90.0 Å². The number of benzene rings is 2. The van der Waals surface area contributed by atoms with Gasteiger partial charge < -0.3 is 9.47 Å². The van der Waals surface area contributed by atoms with Crippen molar-refractivity contribution in [1.29, 1.82) is 0 Å². The Morgan fingerprint density at radius 2 is 1.71 bits per heavy atom. The van der Waals surface area contributed by atoms with Crippen LogP contribution in [0.2, 0.25) is 0 Å². The fourth-order valence-corrected chi connectivity index (χ4v) is 4.93. The second-order valence-corrected chi connectivity index (χ2v) is 9.42. The molecule has 1 aliphatic heterocycles. The Kier molecular flexibility index (Phi) is 7.46. The molecule has 0 radical (unpaired) electrons. The maximum absolute atomic E-state index is 13.0. The molecule has 31 heavy (non-hydrogen) atoms. The van der Waals surface area contributed by atoms with Gasteiger partial charge in [0.05, 0.1) is 17.4 Å². The molecular weight excluding hydrogens is 418 g/mol. The van der Waals surface area contributed by atoms with Crippen LogP contribution in [0.4, 0.5) is 0 Å². The van der Waals surface area contributed by atoms with E-state index in [2.05, 4.69) is 0 Å². The van der Waals surface area contributed by atoms with Gasteiger partial charge in [0, 0.05) is 18.7 Å². The maximum atomic E-state index is 13.0. The first-order valence-corrected chi connectivity index (χ1v) is 11.8. The number of carbonyl (C=O) groups is 2. The normalized spacial score (nSPS) is 15.4. The van der Waals surface area contributed by atoms with E-state index in [-0.39, 0.29) is 29.7 Å². The SMILES string of the molecule is CCCOc1ccccc1OC(=O)C1CCN(S(=O)(=O)c2cccc(C(C)=O)c2)CC1. The third-order valence-corrected chi connectivity index (χ3v) is 7.08. The third-order valence-electron chi connectivity index (χ3n) is 5.19. The van der Waals surface area contributed by atoms with Gasteiger partial charge in [-0.25, -0.2) is 8.42 Å². The minimum atomic E-state index is -3.73. The summed E-state index contributed by atoms with van der Waals surface area (Å²) < 4.78 is 38.5. The van der Waals surface area contributed by atoms with E-state index in [4.69, 9.17) is 9.47 Å². The monoisotopic (exact) mass is 445 g/mol. The molecule has 0 N–H and O–H groups in total. The van der Waals surface area contributed by atoms with Gasteiger partial charge in [-0.2, -0.15) is 4.31 Å². The Hall–Kier alpha value is -2.71. The van der Waals surface area contributed by atoms with Crippen molar-refractivity contribution in [2.24, 2.45) is 5.92 Å². The second kappa shape index (κ2) is 10.1. The molecule has 0 atom stereocenters. The molecule has 166 valence electrons. The van der Waals surface area contributed by atoms with Crippen LogP contribution in [-0.4, -0.2) is 44.2 Å². The molecule has 0 saturated carbocycles. The average molecular weight is 446 g/mol. The number of para-hydroxylation sites is 2. The predicted molar refractivity (Wildman–Crippen MR) is 116 cm³/mol. The zero-order valence-corrected chi connectivity index (χ0v) is 18.6. The molecule has 2 aromatic rings. The summed E-state index contributed by atoms with van der Waals surface area (Å²) >= 11 is 0. The van der Waals surface area contributed by atoms with Gasteiger partial charge in [0.25, 0.3) is 0 Å². The van der Waals surface area contributed by atoms with Crippen molar-refractivity contribution in [3.63, 3.8) is 0 Å². The standard InChI is InChI=1S/C23H27NO6S/c1-3-15-29-21-9-4-5-10-22(21)30-23(26)18-11-13-24(14-12-18)31(27,28)20-8-6-7-19(16-20)17(2)25/h4-10,16,18H,3,11-15H2,1-2H3. The van der Waals surface area contributed by atoms with Crippen molar-refractivity contribution >= 4 is 21.8 Å². The van der Waals surface area contributed by atoms with Crippen LogP contribution in [-0.2, 0) is 14.8 Å². The number of ether oxygens (including phenoxy) is 2. The first-order chi connectivity index (χ1) is 14.8. The number of hydrogen-bond acceptors (Lipinski definition) is 6. The van der Waals surface area contributed by atoms with Gasteiger partial charge in [0.2, 0.25) is 10.0 Å². The number of esters is 1. The number of hydrogen-bond donors (Lipinski definition) is 0. The molecule has 1 fully saturated rings. The molecular formula is C23H27NO6S. The molecule has 0 unspecified atom stereocenters. The fraction of sp³-hybridized carbons (Fsp3) is 0.391. The predicted octanol–water partition coefficient (Wildman–Crippen LogP) is 3.68. The van der Waals surface area contributed by atoms with Gasteiger partial charge in [-0.15, -0.1) is 0 Å². The zero-order chi connectivity index (χ0) is 22.4. The largest absolute Gasteiger partial charge is 0.490 e. The fourth-order valence-electron chi connectivity index (χ4n) is 3.41. The number of sulfonamides is 1. The lowest BCUT2D eigenvalue weighted by Gasteiger charge is -2.30. The van der Waals surface area contributed by atoms with E-state index >= 15 is 0 Å². The molecule has 2 aromatic carbocycles. The van der Waals surface area contributed by atoms with Gasteiger partial charge in [-0.05, 0) is 50.5 Å². The van der Waals surface area contributed by atoms with Crippen molar-refractivity contribution < 1.29 is 27.5 Å². The molecule has 0 aromatic heterocycles. The summed E-state index contributed by atoms with van der Waals surface area (Å²) in [5.41, 5.74) is 0.350. The van der Waals surface area contributed by atoms with Crippen LogP contribution in [0.5, 0.6) is 11.5 Å². The first-order valence-electron chi connectivity index (χ1n) is 10.4. The number of ketones is 1. The van der Waals surface area contributed by atoms with E-state index in [0.29, 0.717) is 36.5 Å². The highest BCUT2D eigenvalue weighted by atomic mass is 32.2. The van der Waals surface area contributed by atoms with Gasteiger partial charge in [-0.3, -0.25) is 9.59 Å². The molecule has 1 saturated heterocycles. The van der Waals surface area contributed by atoms with Crippen LogP contribution in [0, 0.1) is 5.92 Å². The molecule has 3 rings (SSSR count). The van der Waals surface area contributed by atoms with Gasteiger partial charge in [0.1, 0.15) is 0 Å². The smallest absolute Gasteiger partial charge is 0.314 e. The van der Waals surface area contributed by atoms with Crippen molar-refractivity contribution in [3.05, 3.63) is 54.1 Å². The van der Waals surface area contributed by atoms with Gasteiger partial charge >= 0.3 is 5.97 Å². The summed E-state index contributed by atoms with van der Waals surface area (Å²) in [6, 6.07) is 13.0. The molecule has 0 amide bonds. The van der Waals surface area contributed by atoms with E-state index in [9.17, 15) is 18.0 Å². The Morgan fingerprint density at radius 1 is 1.03 bits per heavy atom. The minimum absolute atomic E-state index is 0.0863. The maximum Gasteiger partial charge on any atom is 0.314 e. The van der Waals surface area contributed by atoms with Crippen LogP contribution in [0.15, 0.2) is 53.4 Å². The Balaban J connectivity index is 1.63. The van der Waals surface area contributed by atoms with Crippen molar-refractivity contribution in [2.45, 2.75) is 38.0 Å². The number of piperidine rings is 1. The van der Waals surface area contributed by atoms with Crippen molar-refractivity contribution in [2.75, 3.05) is 19.7 Å². The molecule has 8 heteroatoms. The lowest BCUT2D eigenvalue weighted by Crippen LogP contribution is -2.41. The molecule has 0 aliphatic carbocycles. The molecule has 1 aliphatic rings. The highest BCUT2D eigenvalue weighted by Gasteiger charge is 2.33. The Labute approximate surface area is 183 Å². The van der Waals surface area contributed by atoms with Crippen LogP contribution in [0.1, 0.15) is 43.5 Å². The quantitative estimate of drug-likeness (QED) is 0.350. The van der Waals surface area contributed by atoms with Crippen LogP contribution in [0.3, 0.4) is 0 Å². The molecule has 0 spiro atoms. The highest BCUT2D eigenvalue weighted by molar-refractivity contribution is 7.89. The number of nitrogens with zero attached hydrogens (tertiary/aromatic N) is 1. The summed E-state index contributed by atoms with van der Waals surface area (Å²) in [6.45, 7) is 4.33. The summed E-state index contributed by atoms with van der Waals surface area (Å²) in [5.74, 6) is -0.0841. The lowest BCUT2D eigenvalue weighted by atomic mass is 9.98. The summed E-state index contributed by atoms with van der Waals surface area (Å²) in [4.78, 5) is 24.3. The summed E-state index contributed by atoms with van der Waals surface area (Å²) in [6.07, 6.45) is 1.56. The van der Waals surface area contributed by atoms with Crippen LogP contribution < -0.4 is 9.47 Å². The number of Topliss-reactive ketones (excluding diaryl/α,β-unsaturated/α-hetero) is 1. The molecule has 0 bridgehead atoms. The van der Waals surface area contributed by atoms with E-state index in [1.807, 2.05) is 13.0 Å². The second-order valence-electron chi connectivity index (χ2n) is 7.48. The average Bonchev–Trinajstić information content (AvgIpc) is 2.78. The Bertz CT molecular complexity index is 1040. The van der Waals surface area contributed by atoms with Crippen LogP contribution in [0.25, 0.3) is 0 Å². The van der Waals surface area contributed by atoms with E-state index in [1.165, 1.54) is 23.4 Å². The first kappa shape index (κ1) is 23.0. The third kappa shape index (κ3) is 5.51. The lowest BCUT2D eigenvalue weighted by molar-refractivity contribution is -0.140. The van der Waals surface area contributed by atoms with Gasteiger partial charge in [-0.1, -0.05) is 31.2 Å². The summed E-state index contributed by atoms with van der Waals surface area (Å²) in [5, 5.41) is 0. The number of rotatable bonds is 8. The van der Waals surface area contributed by atoms with Crippen LogP contribution >= 0.6 is 0 Å².